The third-order valence-electron chi connectivity index (χ3n) is 4.84. The van der Waals surface area contributed by atoms with Gasteiger partial charge in [0.05, 0.1) is 27.0 Å². The van der Waals surface area contributed by atoms with Crippen LogP contribution in [0.2, 0.25) is 10.0 Å². The maximum absolute atomic E-state index is 13.5. The fraction of sp³-hybridized carbons (Fsp3) is 0.0833. The Hall–Kier alpha value is -3.71. The molecule has 0 aliphatic carbocycles. The first-order valence-corrected chi connectivity index (χ1v) is 12.4. The number of carbonyl (C=O) groups excluding carboxylic acids is 1. The molecule has 0 radical (unpaired) electrons. The summed E-state index contributed by atoms with van der Waals surface area (Å²) in [6.45, 7) is 1.34. The highest BCUT2D eigenvalue weighted by Gasteiger charge is 2.34. The predicted octanol–water partition coefficient (Wildman–Crippen LogP) is 5.73. The van der Waals surface area contributed by atoms with Crippen molar-refractivity contribution in [1.82, 2.24) is 9.97 Å². The highest BCUT2D eigenvalue weighted by molar-refractivity contribution is 7.92. The molecule has 1 amide bonds. The Morgan fingerprint density at radius 3 is 2.29 bits per heavy atom. The zero-order valence-corrected chi connectivity index (χ0v) is 20.4. The van der Waals surface area contributed by atoms with Crippen molar-refractivity contribution >= 4 is 55.7 Å². The molecule has 8 nitrogen and oxygen atoms in total. The topological polar surface area (TPSA) is 122 Å². The Morgan fingerprint density at radius 2 is 1.69 bits per heavy atom. The van der Waals surface area contributed by atoms with E-state index in [0.29, 0.717) is 21.7 Å². The summed E-state index contributed by atoms with van der Waals surface area (Å²) in [4.78, 5) is 20.0. The zero-order chi connectivity index (χ0) is 25.2. The Bertz CT molecular complexity index is 1590. The molecule has 0 saturated carbocycles. The first-order valence-electron chi connectivity index (χ1n) is 10.1. The molecule has 3 aromatic carbocycles. The number of nitrogens with zero attached hydrogens (tertiary/aromatic N) is 3. The third kappa shape index (κ3) is 5.20. The van der Waals surface area contributed by atoms with Crippen LogP contribution in [-0.4, -0.2) is 24.3 Å². The summed E-state index contributed by atoms with van der Waals surface area (Å²) >= 11 is 12.2. The molecule has 1 heterocycles. The van der Waals surface area contributed by atoms with Crippen molar-refractivity contribution in [2.75, 3.05) is 5.32 Å². The van der Waals surface area contributed by atoms with Gasteiger partial charge in [-0.3, -0.25) is 4.79 Å². The van der Waals surface area contributed by atoms with Crippen LogP contribution in [0.3, 0.4) is 0 Å². The molecule has 1 atom stereocenters. The number of halogens is 2. The summed E-state index contributed by atoms with van der Waals surface area (Å²) in [5.74, 6) is -0.321. The molecule has 1 aromatic heterocycles. The maximum atomic E-state index is 13.5. The molecular formula is C24H16Cl2N4O4S. The molecule has 4 rings (SSSR count). The van der Waals surface area contributed by atoms with Gasteiger partial charge in [-0.05, 0) is 54.6 Å². The van der Waals surface area contributed by atoms with Gasteiger partial charge in [-0.1, -0.05) is 35.3 Å². The van der Waals surface area contributed by atoms with Gasteiger partial charge in [0, 0.05) is 17.6 Å². The average molecular weight is 527 g/mol. The van der Waals surface area contributed by atoms with Gasteiger partial charge in [0.2, 0.25) is 21.6 Å². The molecule has 11 heteroatoms. The number of aromatic nitrogens is 2. The van der Waals surface area contributed by atoms with E-state index in [4.69, 9.17) is 27.9 Å². The lowest BCUT2D eigenvalue weighted by atomic mass is 10.2. The Kier molecular flexibility index (Phi) is 6.89. The van der Waals surface area contributed by atoms with Crippen molar-refractivity contribution in [3.63, 3.8) is 0 Å². The summed E-state index contributed by atoms with van der Waals surface area (Å²) in [5, 5.41) is 11.3. The van der Waals surface area contributed by atoms with Gasteiger partial charge >= 0.3 is 0 Å². The second-order valence-corrected chi connectivity index (χ2v) is 10.2. The predicted molar refractivity (Wildman–Crippen MR) is 132 cm³/mol. The van der Waals surface area contributed by atoms with Crippen LogP contribution in [0.25, 0.3) is 11.0 Å². The van der Waals surface area contributed by atoms with E-state index in [0.717, 1.165) is 0 Å². The number of amides is 1. The summed E-state index contributed by atoms with van der Waals surface area (Å²) < 4.78 is 32.8. The highest BCUT2D eigenvalue weighted by atomic mass is 35.5. The molecule has 0 spiro atoms. The van der Waals surface area contributed by atoms with Crippen molar-refractivity contribution in [1.29, 1.82) is 5.26 Å². The van der Waals surface area contributed by atoms with Crippen LogP contribution in [0.15, 0.2) is 71.6 Å². The Labute approximate surface area is 211 Å². The number of para-hydroxylation sites is 2. The van der Waals surface area contributed by atoms with Crippen LogP contribution in [0.5, 0.6) is 11.6 Å². The van der Waals surface area contributed by atoms with Crippen LogP contribution in [0.4, 0.5) is 5.69 Å². The van der Waals surface area contributed by atoms with Gasteiger partial charge in [0.1, 0.15) is 11.4 Å². The van der Waals surface area contributed by atoms with Gasteiger partial charge in [0.15, 0.2) is 5.25 Å². The van der Waals surface area contributed by atoms with E-state index in [2.05, 4.69) is 15.3 Å². The monoisotopic (exact) mass is 526 g/mol. The van der Waals surface area contributed by atoms with Crippen molar-refractivity contribution in [3.8, 4) is 17.7 Å². The molecule has 0 bridgehead atoms. The molecule has 176 valence electrons. The van der Waals surface area contributed by atoms with E-state index in [1.54, 1.807) is 30.3 Å². The molecule has 0 saturated heterocycles. The number of hydrogen-bond donors (Lipinski definition) is 1. The first kappa shape index (κ1) is 24.4. The molecule has 1 N–H and O–H groups in total. The number of sulfone groups is 1. The van der Waals surface area contributed by atoms with Gasteiger partial charge < -0.3 is 10.1 Å². The molecule has 4 aromatic rings. The molecule has 0 aliphatic rings. The summed E-state index contributed by atoms with van der Waals surface area (Å²) in [6, 6.07) is 18.6. The number of anilines is 1. The van der Waals surface area contributed by atoms with E-state index in [9.17, 15) is 18.5 Å². The van der Waals surface area contributed by atoms with Gasteiger partial charge in [-0.2, -0.15) is 5.26 Å². The second kappa shape index (κ2) is 9.88. The third-order valence-corrected chi connectivity index (χ3v) is 7.25. The van der Waals surface area contributed by atoms with Crippen molar-refractivity contribution in [2.24, 2.45) is 0 Å². The Morgan fingerprint density at radius 1 is 1.03 bits per heavy atom. The van der Waals surface area contributed by atoms with Crippen LogP contribution in [0, 0.1) is 11.3 Å². The summed E-state index contributed by atoms with van der Waals surface area (Å²) in [5.41, 5.74) is 1.04. The maximum Gasteiger partial charge on any atom is 0.244 e. The SMILES string of the molecule is CC(=O)Nc1ccc(S(=O)(=O)C(C#N)c2nc3ccccc3nc2Oc2ccc(Cl)cc2Cl)cc1. The fourth-order valence-electron chi connectivity index (χ4n) is 3.25. The van der Waals surface area contributed by atoms with E-state index < -0.39 is 15.1 Å². The Balaban J connectivity index is 1.83. The standard InChI is InChI=1S/C24H16Cl2N4O4S/c1-14(31)28-16-7-9-17(10-8-16)35(32,33)22(13-27)23-24(30-20-5-3-2-4-19(20)29-23)34-21-11-6-15(25)12-18(21)26/h2-12,22H,1H3,(H,28,31). The number of fused-ring (bicyclic) bond motifs is 1. The van der Waals surface area contributed by atoms with Crippen LogP contribution >= 0.6 is 23.2 Å². The lowest BCUT2D eigenvalue weighted by Crippen LogP contribution is -2.16. The summed E-state index contributed by atoms with van der Waals surface area (Å²) in [6.07, 6.45) is 0. The molecule has 1 unspecified atom stereocenters. The highest BCUT2D eigenvalue weighted by Crippen LogP contribution is 2.38. The number of nitrogens with one attached hydrogen (secondary N) is 1. The smallest absolute Gasteiger partial charge is 0.244 e. The lowest BCUT2D eigenvalue weighted by Gasteiger charge is -2.16. The minimum Gasteiger partial charge on any atom is -0.436 e. The normalized spacial score (nSPS) is 12.1. The fourth-order valence-corrected chi connectivity index (χ4v) is 5.07. The number of carbonyl (C=O) groups is 1. The van der Waals surface area contributed by atoms with Gasteiger partial charge in [-0.15, -0.1) is 0 Å². The molecule has 0 aliphatic heterocycles. The molecular weight excluding hydrogens is 511 g/mol. The molecule has 35 heavy (non-hydrogen) atoms. The minimum absolute atomic E-state index is 0.136. The van der Waals surface area contributed by atoms with Gasteiger partial charge in [-0.25, -0.2) is 18.4 Å². The van der Waals surface area contributed by atoms with Crippen molar-refractivity contribution in [3.05, 3.63) is 82.5 Å². The zero-order valence-electron chi connectivity index (χ0n) is 18.1. The van der Waals surface area contributed by atoms with Crippen LogP contribution < -0.4 is 10.1 Å². The number of nitriles is 1. The quantitative estimate of drug-likeness (QED) is 0.340. The lowest BCUT2D eigenvalue weighted by molar-refractivity contribution is -0.114. The average Bonchev–Trinajstić information content (AvgIpc) is 2.81. The number of rotatable bonds is 6. The van der Waals surface area contributed by atoms with Crippen molar-refractivity contribution < 1.29 is 17.9 Å². The van der Waals surface area contributed by atoms with Crippen LogP contribution in [-0.2, 0) is 14.6 Å². The first-order chi connectivity index (χ1) is 16.7. The van der Waals surface area contributed by atoms with E-state index in [1.807, 2.05) is 6.07 Å². The van der Waals surface area contributed by atoms with E-state index in [-0.39, 0.29) is 33.1 Å². The van der Waals surface area contributed by atoms with E-state index >= 15 is 0 Å². The van der Waals surface area contributed by atoms with Crippen LogP contribution in [0.1, 0.15) is 17.9 Å². The number of benzene rings is 3. The minimum atomic E-state index is -4.26. The number of ether oxygens (including phenoxy) is 1. The largest absolute Gasteiger partial charge is 0.436 e. The molecule has 0 fully saturated rings. The van der Waals surface area contributed by atoms with E-state index in [1.165, 1.54) is 43.3 Å². The number of hydrogen-bond acceptors (Lipinski definition) is 7. The second-order valence-electron chi connectivity index (χ2n) is 7.34. The van der Waals surface area contributed by atoms with Crippen molar-refractivity contribution in [2.45, 2.75) is 17.1 Å². The summed E-state index contributed by atoms with van der Waals surface area (Å²) in [7, 11) is -4.26. The van der Waals surface area contributed by atoms with Gasteiger partial charge in [0.25, 0.3) is 0 Å².